The van der Waals surface area contributed by atoms with Crippen molar-refractivity contribution in [3.8, 4) is 0 Å². The third-order valence-electron chi connectivity index (χ3n) is 4.50. The van der Waals surface area contributed by atoms with Gasteiger partial charge in [-0.05, 0) is 47.1 Å². The maximum absolute atomic E-state index is 11.0. The molecule has 0 saturated carbocycles. The summed E-state index contributed by atoms with van der Waals surface area (Å²) in [6.45, 7) is 9.99. The topological polar surface area (TPSA) is 80.2 Å². The summed E-state index contributed by atoms with van der Waals surface area (Å²) in [6, 6.07) is 0.234. The number of aliphatic hydroxyl groups is 1. The molecule has 1 saturated heterocycles. The number of β-amino-alcohol motifs (C(OH)–C–C–N with tert-alkyl or cyclic N) is 1. The Kier molecular flexibility index (Phi) is 4.25. The molecule has 0 bridgehead atoms. The maximum atomic E-state index is 11.0. The molecule has 23 heavy (non-hydrogen) atoms. The number of rotatable bonds is 4. The van der Waals surface area contributed by atoms with Gasteiger partial charge in [0, 0.05) is 12.6 Å². The summed E-state index contributed by atoms with van der Waals surface area (Å²) in [6.07, 6.45) is 3.46. The number of aromatic nitrogens is 4. The lowest BCUT2D eigenvalue weighted by Crippen LogP contribution is -2.46. The molecular weight excluding hydrogens is 294 g/mol. The lowest BCUT2D eigenvalue weighted by atomic mass is 9.90. The predicted molar refractivity (Wildman–Crippen MR) is 84.8 cm³/mol. The Bertz CT molecular complexity index is 658. The lowest BCUT2D eigenvalue weighted by molar-refractivity contribution is -0.0433. The molecule has 1 aliphatic heterocycles. The molecule has 0 aliphatic carbocycles. The molecule has 1 fully saturated rings. The third-order valence-corrected chi connectivity index (χ3v) is 4.50. The fourth-order valence-electron chi connectivity index (χ4n) is 3.01. The Morgan fingerprint density at radius 1 is 1.39 bits per heavy atom. The molecule has 0 amide bonds. The number of nitrogens with zero attached hydrogens (tertiary/aromatic N) is 5. The van der Waals surface area contributed by atoms with E-state index in [1.807, 2.05) is 33.9 Å². The normalized spacial score (nSPS) is 22.9. The molecule has 2 aromatic rings. The SMILES string of the molecule is Cc1nc(CN2CCC[C@](O)(c3cn(C(C)C)nn3)C2)oc1C. The minimum atomic E-state index is -0.956. The molecule has 3 heterocycles. The highest BCUT2D eigenvalue weighted by atomic mass is 16.4. The van der Waals surface area contributed by atoms with Crippen molar-refractivity contribution >= 4 is 0 Å². The first-order valence-corrected chi connectivity index (χ1v) is 8.17. The van der Waals surface area contributed by atoms with Gasteiger partial charge in [0.1, 0.15) is 17.1 Å². The monoisotopic (exact) mass is 319 g/mol. The van der Waals surface area contributed by atoms with Crippen LogP contribution in [0.1, 0.15) is 55.8 Å². The Balaban J connectivity index is 1.73. The molecule has 0 radical (unpaired) electrons. The highest BCUT2D eigenvalue weighted by Gasteiger charge is 2.38. The number of likely N-dealkylation sites (tertiary alicyclic amines) is 1. The van der Waals surface area contributed by atoms with Crippen molar-refractivity contribution in [2.45, 2.75) is 58.7 Å². The first-order chi connectivity index (χ1) is 10.9. The number of piperidine rings is 1. The van der Waals surface area contributed by atoms with E-state index in [1.54, 1.807) is 4.68 Å². The van der Waals surface area contributed by atoms with E-state index in [1.165, 1.54) is 0 Å². The van der Waals surface area contributed by atoms with E-state index in [0.717, 1.165) is 24.4 Å². The van der Waals surface area contributed by atoms with E-state index >= 15 is 0 Å². The highest BCUT2D eigenvalue weighted by molar-refractivity contribution is 5.10. The van der Waals surface area contributed by atoms with E-state index in [2.05, 4.69) is 20.2 Å². The molecule has 126 valence electrons. The number of oxazole rings is 1. The maximum Gasteiger partial charge on any atom is 0.208 e. The van der Waals surface area contributed by atoms with Crippen LogP contribution in [0.15, 0.2) is 10.6 Å². The summed E-state index contributed by atoms with van der Waals surface area (Å²) in [5.74, 6) is 1.56. The number of aryl methyl sites for hydroxylation is 2. The van der Waals surface area contributed by atoms with Crippen molar-refractivity contribution in [2.24, 2.45) is 0 Å². The molecule has 1 atom stereocenters. The van der Waals surface area contributed by atoms with Crippen molar-refractivity contribution in [3.05, 3.63) is 29.2 Å². The van der Waals surface area contributed by atoms with E-state index in [9.17, 15) is 5.11 Å². The Labute approximate surface area is 136 Å². The summed E-state index contributed by atoms with van der Waals surface area (Å²) in [5, 5.41) is 19.3. The van der Waals surface area contributed by atoms with Gasteiger partial charge in [-0.15, -0.1) is 5.10 Å². The second-order valence-electron chi connectivity index (χ2n) is 6.77. The predicted octanol–water partition coefficient (Wildman–Crippen LogP) is 1.95. The van der Waals surface area contributed by atoms with Gasteiger partial charge in [-0.25, -0.2) is 9.67 Å². The van der Waals surface area contributed by atoms with Crippen LogP contribution in [0.5, 0.6) is 0 Å². The molecule has 1 aliphatic rings. The molecule has 3 rings (SSSR count). The van der Waals surface area contributed by atoms with Crippen LogP contribution in [0.2, 0.25) is 0 Å². The molecule has 0 unspecified atom stereocenters. The van der Waals surface area contributed by atoms with Crippen molar-refractivity contribution in [3.63, 3.8) is 0 Å². The van der Waals surface area contributed by atoms with Gasteiger partial charge in [0.25, 0.3) is 0 Å². The Hall–Kier alpha value is -1.73. The van der Waals surface area contributed by atoms with E-state index in [0.29, 0.717) is 31.1 Å². The van der Waals surface area contributed by atoms with Gasteiger partial charge in [-0.3, -0.25) is 4.90 Å². The smallest absolute Gasteiger partial charge is 0.208 e. The van der Waals surface area contributed by atoms with Gasteiger partial charge < -0.3 is 9.52 Å². The number of hydrogen-bond acceptors (Lipinski definition) is 6. The summed E-state index contributed by atoms with van der Waals surface area (Å²) >= 11 is 0. The van der Waals surface area contributed by atoms with Gasteiger partial charge in [-0.1, -0.05) is 5.21 Å². The van der Waals surface area contributed by atoms with E-state index in [-0.39, 0.29) is 6.04 Å². The molecular formula is C16H25N5O2. The van der Waals surface area contributed by atoms with Crippen LogP contribution in [0.3, 0.4) is 0 Å². The lowest BCUT2D eigenvalue weighted by Gasteiger charge is -2.37. The van der Waals surface area contributed by atoms with Crippen molar-refractivity contribution < 1.29 is 9.52 Å². The van der Waals surface area contributed by atoms with Gasteiger partial charge in [0.2, 0.25) is 5.89 Å². The van der Waals surface area contributed by atoms with Gasteiger partial charge in [-0.2, -0.15) is 0 Å². The first-order valence-electron chi connectivity index (χ1n) is 8.17. The zero-order chi connectivity index (χ0) is 16.6. The summed E-state index contributed by atoms with van der Waals surface area (Å²) in [4.78, 5) is 6.60. The van der Waals surface area contributed by atoms with Crippen molar-refractivity contribution in [1.82, 2.24) is 24.9 Å². The largest absolute Gasteiger partial charge is 0.444 e. The minimum absolute atomic E-state index is 0.234. The van der Waals surface area contributed by atoms with Crippen molar-refractivity contribution in [2.75, 3.05) is 13.1 Å². The minimum Gasteiger partial charge on any atom is -0.444 e. The summed E-state index contributed by atoms with van der Waals surface area (Å²) < 4.78 is 7.44. The quantitative estimate of drug-likeness (QED) is 0.928. The average molecular weight is 319 g/mol. The Morgan fingerprint density at radius 3 is 2.78 bits per heavy atom. The zero-order valence-corrected chi connectivity index (χ0v) is 14.3. The van der Waals surface area contributed by atoms with Crippen LogP contribution >= 0.6 is 0 Å². The van der Waals surface area contributed by atoms with Gasteiger partial charge >= 0.3 is 0 Å². The molecule has 7 nitrogen and oxygen atoms in total. The van der Waals surface area contributed by atoms with Crippen LogP contribution in [0, 0.1) is 13.8 Å². The Morgan fingerprint density at radius 2 is 2.17 bits per heavy atom. The summed E-state index contributed by atoms with van der Waals surface area (Å²) in [7, 11) is 0. The van der Waals surface area contributed by atoms with Crippen LogP contribution in [0.25, 0.3) is 0 Å². The zero-order valence-electron chi connectivity index (χ0n) is 14.3. The fraction of sp³-hybridized carbons (Fsp3) is 0.688. The second kappa shape index (κ2) is 6.05. The highest BCUT2D eigenvalue weighted by Crippen LogP contribution is 2.31. The molecule has 2 aromatic heterocycles. The van der Waals surface area contributed by atoms with Crippen LogP contribution in [-0.4, -0.2) is 43.1 Å². The van der Waals surface area contributed by atoms with Crippen molar-refractivity contribution in [1.29, 1.82) is 0 Å². The van der Waals surface area contributed by atoms with Crippen LogP contribution in [-0.2, 0) is 12.1 Å². The first kappa shape index (κ1) is 16.1. The third kappa shape index (κ3) is 3.30. The average Bonchev–Trinajstić information content (AvgIpc) is 3.07. The molecule has 1 N–H and O–H groups in total. The van der Waals surface area contributed by atoms with Crippen LogP contribution in [0.4, 0.5) is 0 Å². The van der Waals surface area contributed by atoms with Gasteiger partial charge in [0.15, 0.2) is 0 Å². The molecule has 0 aromatic carbocycles. The fourth-order valence-corrected chi connectivity index (χ4v) is 3.01. The van der Waals surface area contributed by atoms with Crippen LogP contribution < -0.4 is 0 Å². The standard InChI is InChI=1S/C16H25N5O2/c1-11(2)21-8-14(18-19-21)16(22)6-5-7-20(10-16)9-15-17-12(3)13(4)23-15/h8,11,22H,5-7,9-10H2,1-4H3/t16-/m1/s1. The number of hydrogen-bond donors (Lipinski definition) is 1. The second-order valence-corrected chi connectivity index (χ2v) is 6.77. The van der Waals surface area contributed by atoms with Gasteiger partial charge in [0.05, 0.1) is 18.4 Å². The summed E-state index contributed by atoms with van der Waals surface area (Å²) in [5.41, 5.74) is 0.616. The molecule has 0 spiro atoms. The molecule has 7 heteroatoms. The van der Waals surface area contributed by atoms with E-state index < -0.39 is 5.60 Å². The van der Waals surface area contributed by atoms with E-state index in [4.69, 9.17) is 4.42 Å².